The number of hydrogen-bond donors (Lipinski definition) is 2. The van der Waals surface area contributed by atoms with Crippen molar-refractivity contribution in [3.05, 3.63) is 45.5 Å². The van der Waals surface area contributed by atoms with Crippen LogP contribution < -0.4 is 5.32 Å². The molecule has 114 valence electrons. The number of carboxylic acids is 1. The van der Waals surface area contributed by atoms with E-state index >= 15 is 0 Å². The highest BCUT2D eigenvalue weighted by molar-refractivity contribution is 7.17. The molecule has 0 bridgehead atoms. The topological polar surface area (TPSA) is 79.3 Å². The van der Waals surface area contributed by atoms with E-state index < -0.39 is 5.97 Å². The third-order valence-electron chi connectivity index (χ3n) is 3.80. The van der Waals surface area contributed by atoms with Crippen molar-refractivity contribution in [2.45, 2.75) is 32.6 Å². The van der Waals surface area contributed by atoms with Gasteiger partial charge < -0.3 is 5.11 Å². The van der Waals surface area contributed by atoms with Gasteiger partial charge in [0.2, 0.25) is 0 Å². The Morgan fingerprint density at radius 1 is 1.27 bits per heavy atom. The monoisotopic (exact) mass is 316 g/mol. The van der Waals surface area contributed by atoms with Gasteiger partial charge in [0.25, 0.3) is 5.91 Å². The molecule has 6 heteroatoms. The summed E-state index contributed by atoms with van der Waals surface area (Å²) in [7, 11) is 0. The Hall–Kier alpha value is -2.21. The first kappa shape index (κ1) is 14.7. The molecule has 1 amide bonds. The number of benzene rings is 1. The lowest BCUT2D eigenvalue weighted by molar-refractivity contribution is 0.0700. The zero-order valence-corrected chi connectivity index (χ0v) is 13.2. The van der Waals surface area contributed by atoms with Gasteiger partial charge >= 0.3 is 5.97 Å². The summed E-state index contributed by atoms with van der Waals surface area (Å²) in [6.07, 6.45) is 1.93. The van der Waals surface area contributed by atoms with Crippen molar-refractivity contribution < 1.29 is 14.7 Å². The Bertz CT molecular complexity index is 763. The molecule has 0 radical (unpaired) electrons. The van der Waals surface area contributed by atoms with Gasteiger partial charge in [-0.2, -0.15) is 0 Å². The maximum Gasteiger partial charge on any atom is 0.347 e. The van der Waals surface area contributed by atoms with Crippen molar-refractivity contribution in [1.82, 2.24) is 4.98 Å². The van der Waals surface area contributed by atoms with Crippen LogP contribution in [0.3, 0.4) is 0 Å². The van der Waals surface area contributed by atoms with Crippen molar-refractivity contribution in [3.63, 3.8) is 0 Å². The largest absolute Gasteiger partial charge is 0.477 e. The highest BCUT2D eigenvalue weighted by Gasteiger charge is 2.32. The Balaban J connectivity index is 1.83. The molecular weight excluding hydrogens is 300 g/mol. The zero-order valence-electron chi connectivity index (χ0n) is 12.3. The van der Waals surface area contributed by atoms with Gasteiger partial charge in [-0.1, -0.05) is 17.4 Å². The SMILES string of the molecule is Cc1ccc(C(=O)Nc2nc(C3CC3)c(C(=O)O)s2)cc1C. The maximum absolute atomic E-state index is 12.3. The molecule has 1 saturated carbocycles. The predicted molar refractivity (Wildman–Crippen MR) is 84.9 cm³/mol. The first-order chi connectivity index (χ1) is 10.5. The van der Waals surface area contributed by atoms with Gasteiger partial charge in [0.05, 0.1) is 5.69 Å². The van der Waals surface area contributed by atoms with Crippen LogP contribution in [-0.4, -0.2) is 22.0 Å². The Morgan fingerprint density at radius 2 is 2.00 bits per heavy atom. The van der Waals surface area contributed by atoms with Crippen LogP contribution in [0.2, 0.25) is 0 Å². The van der Waals surface area contributed by atoms with Crippen LogP contribution >= 0.6 is 11.3 Å². The van der Waals surface area contributed by atoms with Crippen LogP contribution in [0.1, 0.15) is 55.6 Å². The fourth-order valence-corrected chi connectivity index (χ4v) is 3.11. The van der Waals surface area contributed by atoms with E-state index in [-0.39, 0.29) is 16.7 Å². The van der Waals surface area contributed by atoms with Crippen molar-refractivity contribution in [2.75, 3.05) is 5.32 Å². The number of carboxylic acid groups (broad SMARTS) is 1. The minimum atomic E-state index is -0.980. The number of nitrogens with one attached hydrogen (secondary N) is 1. The molecule has 2 aromatic rings. The van der Waals surface area contributed by atoms with Crippen molar-refractivity contribution in [1.29, 1.82) is 0 Å². The van der Waals surface area contributed by atoms with E-state index in [1.165, 1.54) is 0 Å². The lowest BCUT2D eigenvalue weighted by Gasteiger charge is -2.04. The summed E-state index contributed by atoms with van der Waals surface area (Å²) >= 11 is 1.02. The summed E-state index contributed by atoms with van der Waals surface area (Å²) in [5.74, 6) is -1.02. The number of hydrogen-bond acceptors (Lipinski definition) is 4. The van der Waals surface area contributed by atoms with E-state index in [0.717, 1.165) is 35.3 Å². The molecule has 1 aliphatic carbocycles. The zero-order chi connectivity index (χ0) is 15.9. The lowest BCUT2D eigenvalue weighted by atomic mass is 10.1. The van der Waals surface area contributed by atoms with Crippen LogP contribution in [-0.2, 0) is 0 Å². The molecule has 1 aromatic heterocycles. The highest BCUT2D eigenvalue weighted by atomic mass is 32.1. The van der Waals surface area contributed by atoms with Crippen LogP contribution in [0.4, 0.5) is 5.13 Å². The number of rotatable bonds is 4. The number of carbonyl (C=O) groups is 2. The van der Waals surface area contributed by atoms with Crippen molar-refractivity contribution in [3.8, 4) is 0 Å². The quantitative estimate of drug-likeness (QED) is 0.903. The second-order valence-electron chi connectivity index (χ2n) is 5.57. The first-order valence-electron chi connectivity index (χ1n) is 7.08. The summed E-state index contributed by atoms with van der Waals surface area (Å²) in [5, 5.41) is 12.3. The summed E-state index contributed by atoms with van der Waals surface area (Å²) in [4.78, 5) is 28.1. The molecular formula is C16H16N2O3S. The minimum absolute atomic E-state index is 0.231. The standard InChI is InChI=1S/C16H16N2O3S/c1-8-3-4-11(7-9(8)2)14(19)18-16-17-12(10-5-6-10)13(22-16)15(20)21/h3-4,7,10H,5-6H2,1-2H3,(H,20,21)(H,17,18,19). The van der Waals surface area contributed by atoms with E-state index in [0.29, 0.717) is 16.4 Å². The number of thiazole rings is 1. The molecule has 22 heavy (non-hydrogen) atoms. The number of aromatic nitrogens is 1. The molecule has 1 aromatic carbocycles. The highest BCUT2D eigenvalue weighted by Crippen LogP contribution is 2.43. The van der Waals surface area contributed by atoms with Crippen LogP contribution in [0.15, 0.2) is 18.2 Å². The fraction of sp³-hybridized carbons (Fsp3) is 0.312. The number of nitrogens with zero attached hydrogens (tertiary/aromatic N) is 1. The van der Waals surface area contributed by atoms with Crippen LogP contribution in [0, 0.1) is 13.8 Å². The number of aryl methyl sites for hydroxylation is 2. The molecule has 0 atom stereocenters. The maximum atomic E-state index is 12.3. The summed E-state index contributed by atoms with van der Waals surface area (Å²) < 4.78 is 0. The summed E-state index contributed by atoms with van der Waals surface area (Å²) in [6, 6.07) is 5.47. The van der Waals surface area contributed by atoms with Gasteiger partial charge in [-0.25, -0.2) is 9.78 Å². The Kier molecular flexibility index (Phi) is 3.70. The average molecular weight is 316 g/mol. The Morgan fingerprint density at radius 3 is 2.59 bits per heavy atom. The molecule has 1 heterocycles. The van der Waals surface area contributed by atoms with E-state index in [1.807, 2.05) is 26.0 Å². The van der Waals surface area contributed by atoms with Gasteiger partial charge in [-0.05, 0) is 49.9 Å². The van der Waals surface area contributed by atoms with E-state index in [2.05, 4.69) is 10.3 Å². The second-order valence-corrected chi connectivity index (χ2v) is 6.57. The summed E-state index contributed by atoms with van der Waals surface area (Å²) in [5.41, 5.74) is 3.31. The van der Waals surface area contributed by atoms with Gasteiger partial charge in [-0.3, -0.25) is 10.1 Å². The van der Waals surface area contributed by atoms with E-state index in [9.17, 15) is 14.7 Å². The third kappa shape index (κ3) is 2.87. The molecule has 3 rings (SSSR count). The van der Waals surface area contributed by atoms with Gasteiger partial charge in [0.15, 0.2) is 5.13 Å². The second kappa shape index (κ2) is 5.53. The van der Waals surface area contributed by atoms with Gasteiger partial charge in [-0.15, -0.1) is 0 Å². The van der Waals surface area contributed by atoms with Crippen LogP contribution in [0.25, 0.3) is 0 Å². The number of carbonyl (C=O) groups excluding carboxylic acids is 1. The van der Waals surface area contributed by atoms with Crippen LogP contribution in [0.5, 0.6) is 0 Å². The minimum Gasteiger partial charge on any atom is -0.477 e. The predicted octanol–water partition coefficient (Wildman–Crippen LogP) is 3.59. The molecule has 0 aliphatic heterocycles. The molecule has 0 spiro atoms. The molecule has 5 nitrogen and oxygen atoms in total. The molecule has 0 unspecified atom stereocenters. The third-order valence-corrected chi connectivity index (χ3v) is 4.78. The normalized spacial score (nSPS) is 13.9. The molecule has 0 saturated heterocycles. The number of amides is 1. The molecule has 1 fully saturated rings. The van der Waals surface area contributed by atoms with E-state index in [4.69, 9.17) is 0 Å². The number of aromatic carboxylic acids is 1. The smallest absolute Gasteiger partial charge is 0.347 e. The van der Waals surface area contributed by atoms with E-state index in [1.54, 1.807) is 6.07 Å². The summed E-state index contributed by atoms with van der Waals surface area (Å²) in [6.45, 7) is 3.93. The van der Waals surface area contributed by atoms with Gasteiger partial charge in [0.1, 0.15) is 4.88 Å². The molecule has 2 N–H and O–H groups in total. The van der Waals surface area contributed by atoms with Crippen molar-refractivity contribution in [2.24, 2.45) is 0 Å². The van der Waals surface area contributed by atoms with Crippen molar-refractivity contribution >= 4 is 28.3 Å². The lowest BCUT2D eigenvalue weighted by Crippen LogP contribution is -2.12. The van der Waals surface area contributed by atoms with Gasteiger partial charge in [0, 0.05) is 11.5 Å². The molecule has 1 aliphatic rings. The first-order valence-corrected chi connectivity index (χ1v) is 7.90. The Labute approximate surface area is 132 Å². The fourth-order valence-electron chi connectivity index (χ4n) is 2.22. The number of anilines is 1. The average Bonchev–Trinajstić information content (AvgIpc) is 3.22.